The molecule has 0 radical (unpaired) electrons. The Kier molecular flexibility index (Phi) is 11.5. The smallest absolute Gasteiger partial charge is 0.0465 e. The standard InChI is InChI=1S/C87H80N2/c1-51-45-55(27-24-26-54-25-16-20-31-69(54)82(51,4)5)88(56-35-40-64-61-28-17-21-32-70(61)83(6,7)73(64)46-56)59-38-43-67-76(49-59)86(12,13)80-78(67)52(2)53(3)79-68-44-39-60(50-77(68)87(14,15)81(79)80)89(57-36-41-65-62-29-18-22-33-71(62)84(8,9)74(65)47-57)58-37-42-66-63-30-19-23-34-72(63)85(10,11)75(66)48-58/h16-25,27-50H,1,26H2,2-15H3/b27-24-,55-45+. The van der Waals surface area contributed by atoms with Crippen LogP contribution in [-0.2, 0) is 38.9 Å². The third kappa shape index (κ3) is 7.50. The van der Waals surface area contributed by atoms with E-state index in [0.717, 1.165) is 29.1 Å². The number of rotatable bonds is 6. The summed E-state index contributed by atoms with van der Waals surface area (Å²) in [5.74, 6) is 0. The Hall–Kier alpha value is -8.98. The lowest BCUT2D eigenvalue weighted by Gasteiger charge is -2.33. The highest BCUT2D eigenvalue weighted by molar-refractivity contribution is 5.98. The number of benzene rings is 10. The van der Waals surface area contributed by atoms with Gasteiger partial charge in [0.1, 0.15) is 0 Å². The van der Waals surface area contributed by atoms with Gasteiger partial charge in [-0.15, -0.1) is 0 Å². The van der Waals surface area contributed by atoms with Crippen LogP contribution in [0.1, 0.15) is 161 Å². The van der Waals surface area contributed by atoms with Crippen molar-refractivity contribution < 1.29 is 0 Å². The topological polar surface area (TPSA) is 6.48 Å². The van der Waals surface area contributed by atoms with Crippen LogP contribution in [0.3, 0.4) is 0 Å². The maximum Gasteiger partial charge on any atom is 0.0465 e. The van der Waals surface area contributed by atoms with Gasteiger partial charge in [0.05, 0.1) is 0 Å². The zero-order valence-electron chi connectivity index (χ0n) is 54.4. The third-order valence-electron chi connectivity index (χ3n) is 22.9. The quantitative estimate of drug-likeness (QED) is 0.164. The summed E-state index contributed by atoms with van der Waals surface area (Å²) < 4.78 is 0. The molecule has 0 saturated carbocycles. The van der Waals surface area contributed by atoms with Gasteiger partial charge in [-0.1, -0.05) is 223 Å². The first kappa shape index (κ1) is 55.3. The zero-order chi connectivity index (χ0) is 61.8. The Morgan fingerprint density at radius 3 is 1.02 bits per heavy atom. The van der Waals surface area contributed by atoms with Gasteiger partial charge in [-0.25, -0.2) is 0 Å². The minimum absolute atomic E-state index is 0.149. The van der Waals surface area contributed by atoms with Crippen molar-refractivity contribution in [1.29, 1.82) is 0 Å². The summed E-state index contributed by atoms with van der Waals surface area (Å²) in [6.07, 6.45) is 7.92. The molecular formula is C87H80N2. The molecule has 0 amide bonds. The van der Waals surface area contributed by atoms with E-state index in [4.69, 9.17) is 6.58 Å². The first-order chi connectivity index (χ1) is 42.4. The molecule has 0 aromatic heterocycles. The highest BCUT2D eigenvalue weighted by atomic mass is 15.2. The van der Waals surface area contributed by atoms with Gasteiger partial charge in [0.25, 0.3) is 0 Å². The summed E-state index contributed by atoms with van der Waals surface area (Å²) in [6.45, 7) is 38.7. The summed E-state index contributed by atoms with van der Waals surface area (Å²) >= 11 is 0. The van der Waals surface area contributed by atoms with E-state index in [1.54, 1.807) is 0 Å². The molecule has 0 aliphatic heterocycles. The van der Waals surface area contributed by atoms with E-state index < -0.39 is 0 Å². The Balaban J connectivity index is 0.840. The van der Waals surface area contributed by atoms with Crippen molar-refractivity contribution in [2.75, 3.05) is 9.80 Å². The van der Waals surface area contributed by atoms with Gasteiger partial charge in [0.2, 0.25) is 0 Å². The lowest BCUT2D eigenvalue weighted by atomic mass is 9.71. The minimum atomic E-state index is -0.343. The fourth-order valence-electron chi connectivity index (χ4n) is 17.7. The average Bonchev–Trinajstić information content (AvgIpc) is 1.52. The first-order valence-corrected chi connectivity index (χ1v) is 32.4. The molecule has 0 spiro atoms. The zero-order valence-corrected chi connectivity index (χ0v) is 54.4. The van der Waals surface area contributed by atoms with Crippen LogP contribution >= 0.6 is 0 Å². The summed E-state index contributed by atoms with van der Waals surface area (Å²) in [5.41, 5.74) is 39.4. The third-order valence-corrected chi connectivity index (χ3v) is 22.9. The van der Waals surface area contributed by atoms with Gasteiger partial charge in [-0.3, -0.25) is 0 Å². The van der Waals surface area contributed by atoms with E-state index in [1.165, 1.54) is 151 Å². The lowest BCUT2D eigenvalue weighted by Crippen LogP contribution is -2.25. The van der Waals surface area contributed by atoms with E-state index in [0.29, 0.717) is 0 Å². The van der Waals surface area contributed by atoms with E-state index in [-0.39, 0.29) is 32.5 Å². The molecule has 6 aliphatic rings. The van der Waals surface area contributed by atoms with Crippen LogP contribution in [-0.4, -0.2) is 0 Å². The van der Waals surface area contributed by atoms with Gasteiger partial charge in [-0.05, 0) is 232 Å². The van der Waals surface area contributed by atoms with Crippen molar-refractivity contribution in [3.63, 3.8) is 0 Å². The monoisotopic (exact) mass is 1150 g/mol. The Morgan fingerprint density at radius 1 is 0.315 bits per heavy atom. The number of hydrogen-bond acceptors (Lipinski definition) is 2. The summed E-state index contributed by atoms with van der Waals surface area (Å²) in [6, 6.07) is 72.5. The Labute approximate surface area is 528 Å². The number of allylic oxidation sites excluding steroid dienone is 4. The molecule has 10 aromatic carbocycles. The molecule has 2 heteroatoms. The molecular weight excluding hydrogens is 1070 g/mol. The second kappa shape index (κ2) is 18.6. The number of nitrogens with zero attached hydrogens (tertiary/aromatic N) is 2. The van der Waals surface area contributed by atoms with Crippen molar-refractivity contribution in [3.05, 3.63) is 302 Å². The summed E-state index contributed by atoms with van der Waals surface area (Å²) in [5, 5.41) is 0. The second-order valence-corrected chi connectivity index (χ2v) is 29.8. The highest BCUT2D eigenvalue weighted by Gasteiger charge is 2.49. The molecule has 89 heavy (non-hydrogen) atoms. The van der Waals surface area contributed by atoms with E-state index in [9.17, 15) is 0 Å². The fraction of sp³-hybridized carbons (Fsp3) is 0.241. The number of fused-ring (bicyclic) bond motifs is 17. The average molecular weight is 1150 g/mol. The van der Waals surface area contributed by atoms with Crippen LogP contribution in [0.5, 0.6) is 0 Å². The molecule has 0 unspecified atom stereocenters. The Morgan fingerprint density at radius 2 is 0.629 bits per heavy atom. The molecule has 10 aromatic rings. The van der Waals surface area contributed by atoms with Crippen LogP contribution in [0.2, 0.25) is 0 Å². The van der Waals surface area contributed by atoms with E-state index in [1.807, 2.05) is 0 Å². The van der Waals surface area contributed by atoms with Crippen molar-refractivity contribution in [2.24, 2.45) is 0 Å². The van der Waals surface area contributed by atoms with Gasteiger partial charge >= 0.3 is 0 Å². The van der Waals surface area contributed by atoms with Gasteiger partial charge in [0.15, 0.2) is 0 Å². The van der Waals surface area contributed by atoms with Crippen LogP contribution in [0.25, 0.3) is 55.6 Å². The predicted octanol–water partition coefficient (Wildman–Crippen LogP) is 23.0. The number of hydrogen-bond donors (Lipinski definition) is 0. The molecule has 0 saturated heterocycles. The minimum Gasteiger partial charge on any atom is -0.310 e. The van der Waals surface area contributed by atoms with E-state index in [2.05, 4.69) is 313 Å². The first-order valence-electron chi connectivity index (χ1n) is 32.4. The van der Waals surface area contributed by atoms with Crippen molar-refractivity contribution >= 4 is 28.4 Å². The maximum atomic E-state index is 4.88. The van der Waals surface area contributed by atoms with Crippen LogP contribution in [0.4, 0.5) is 28.4 Å². The fourth-order valence-corrected chi connectivity index (χ4v) is 17.7. The highest BCUT2D eigenvalue weighted by Crippen LogP contribution is 2.63. The van der Waals surface area contributed by atoms with Gasteiger partial charge in [-0.2, -0.15) is 0 Å². The maximum absolute atomic E-state index is 4.88. The summed E-state index contributed by atoms with van der Waals surface area (Å²) in [7, 11) is 0. The molecule has 6 aliphatic carbocycles. The SMILES string of the molecule is C=C1/C=C(N(c2ccc3c(c2)C(C)(C)c2ccccc2-3)c2ccc3c(c2)C(C)(C)c2c-3c(C)c(C)c3c2C(C)(C)c2cc(N(c4ccc5c(c4)C(C)(C)c4ccccc4-5)c4ccc5c(c4)C(C)(C)c4ccccc4-5)ccc2-3)\C=C/Cc2ccccc2C1(C)C. The van der Waals surface area contributed by atoms with Crippen LogP contribution in [0.15, 0.2) is 224 Å². The Bertz CT molecular complexity index is 4760. The molecule has 0 heterocycles. The molecule has 16 rings (SSSR count). The molecule has 0 bridgehead atoms. The largest absolute Gasteiger partial charge is 0.310 e. The second-order valence-electron chi connectivity index (χ2n) is 29.8. The normalized spacial score (nSPS) is 18.6. The molecule has 0 N–H and O–H groups in total. The van der Waals surface area contributed by atoms with Crippen molar-refractivity contribution in [3.8, 4) is 55.6 Å². The molecule has 438 valence electrons. The van der Waals surface area contributed by atoms with Crippen molar-refractivity contribution in [2.45, 2.75) is 136 Å². The van der Waals surface area contributed by atoms with Gasteiger partial charge < -0.3 is 9.80 Å². The molecule has 2 nitrogen and oxygen atoms in total. The van der Waals surface area contributed by atoms with Crippen LogP contribution < -0.4 is 9.80 Å². The molecule has 0 fully saturated rings. The summed E-state index contributed by atoms with van der Waals surface area (Å²) in [4.78, 5) is 5.09. The molecule has 0 atom stereocenters. The van der Waals surface area contributed by atoms with Crippen molar-refractivity contribution in [1.82, 2.24) is 0 Å². The lowest BCUT2D eigenvalue weighted by molar-refractivity contribution is 0.600. The van der Waals surface area contributed by atoms with Gasteiger partial charge in [0, 0.05) is 66.6 Å². The van der Waals surface area contributed by atoms with E-state index >= 15 is 0 Å². The van der Waals surface area contributed by atoms with Crippen LogP contribution in [0, 0.1) is 13.8 Å². The predicted molar refractivity (Wildman–Crippen MR) is 377 cm³/mol. The number of anilines is 5.